The van der Waals surface area contributed by atoms with E-state index >= 15 is 0 Å². The van der Waals surface area contributed by atoms with Gasteiger partial charge in [-0.05, 0) is 12.1 Å². The van der Waals surface area contributed by atoms with Crippen LogP contribution >= 0.6 is 0 Å². The lowest BCUT2D eigenvalue weighted by molar-refractivity contribution is -0.136. The Morgan fingerprint density at radius 2 is 2.00 bits per heavy atom. The Balaban J connectivity index is 2.98. The molecule has 0 radical (unpaired) electrons. The van der Waals surface area contributed by atoms with Gasteiger partial charge >= 0.3 is 6.18 Å². The third kappa shape index (κ3) is 2.48. The van der Waals surface area contributed by atoms with Gasteiger partial charge in [-0.3, -0.25) is 0 Å². The zero-order valence-electron chi connectivity index (χ0n) is 9.78. The summed E-state index contributed by atoms with van der Waals surface area (Å²) in [5.41, 5.74) is 4.11. The van der Waals surface area contributed by atoms with Gasteiger partial charge in [0.15, 0.2) is 0 Å². The number of hydrogen-bond acceptors (Lipinski definition) is 4. The fraction of sp³-hybridized carbons (Fsp3) is 0.182. The number of nitrogens with zero attached hydrogens (tertiary/aromatic N) is 1. The second-order valence-corrected chi connectivity index (χ2v) is 6.22. The van der Waals surface area contributed by atoms with Crippen molar-refractivity contribution in [3.05, 3.63) is 29.8 Å². The Morgan fingerprint density at radius 3 is 2.53 bits per heavy atom. The summed E-state index contributed by atoms with van der Waals surface area (Å²) in [4.78, 5) is 3.62. The zero-order chi connectivity index (χ0) is 14.4. The number of aromatic nitrogens is 1. The molecule has 0 saturated heterocycles. The average Bonchev–Trinajstić information content (AvgIpc) is 2.24. The predicted molar refractivity (Wildman–Crippen MR) is 66.2 cm³/mol. The molecule has 102 valence electrons. The van der Waals surface area contributed by atoms with E-state index in [1.807, 2.05) is 0 Å². The van der Waals surface area contributed by atoms with E-state index in [0.717, 1.165) is 12.3 Å². The molecule has 0 aliphatic carbocycles. The maximum atomic E-state index is 12.9. The first-order chi connectivity index (χ1) is 8.60. The Kier molecular flexibility index (Phi) is 2.93. The summed E-state index contributed by atoms with van der Waals surface area (Å²) in [5.74, 6) is -0.193. The van der Waals surface area contributed by atoms with E-state index in [2.05, 4.69) is 4.98 Å². The van der Waals surface area contributed by atoms with Crippen LogP contribution < -0.4 is 5.73 Å². The van der Waals surface area contributed by atoms with Crippen molar-refractivity contribution in [3.8, 4) is 0 Å². The van der Waals surface area contributed by atoms with Crippen LogP contribution in [0.3, 0.4) is 0 Å². The van der Waals surface area contributed by atoms with Gasteiger partial charge in [0.05, 0.1) is 25.7 Å². The predicted octanol–water partition coefficient (Wildman–Crippen LogP) is 2.87. The van der Waals surface area contributed by atoms with Gasteiger partial charge in [-0.25, -0.2) is 14.0 Å². The smallest absolute Gasteiger partial charge is 0.384 e. The highest BCUT2D eigenvalue weighted by molar-refractivity contribution is 7.92. The van der Waals surface area contributed by atoms with Gasteiger partial charge in [0.1, 0.15) is 5.82 Å². The molecule has 19 heavy (non-hydrogen) atoms. The second kappa shape index (κ2) is 4.09. The molecule has 1 heterocycles. The molecule has 0 spiro atoms. The maximum absolute atomic E-state index is 12.9. The molecule has 1 aromatic carbocycles. The molecule has 0 amide bonds. The molecule has 0 aliphatic heterocycles. The number of halogens is 3. The lowest BCUT2D eigenvalue weighted by Crippen LogP contribution is -2.09. The number of nitrogen functional groups attached to an aromatic ring is 1. The first kappa shape index (κ1) is 13.6. The van der Waals surface area contributed by atoms with Gasteiger partial charge < -0.3 is 5.73 Å². The molecule has 2 aromatic rings. The van der Waals surface area contributed by atoms with Crippen LogP contribution in [0, 0.1) is 4.78 Å². The minimum atomic E-state index is -4.59. The van der Waals surface area contributed by atoms with Gasteiger partial charge in [-0.15, -0.1) is 0 Å². The zero-order valence-corrected chi connectivity index (χ0v) is 10.6. The number of fused-ring (bicyclic) bond motifs is 1. The molecule has 1 unspecified atom stereocenters. The van der Waals surface area contributed by atoms with Crippen molar-refractivity contribution in [1.29, 1.82) is 4.78 Å². The van der Waals surface area contributed by atoms with Crippen molar-refractivity contribution in [2.45, 2.75) is 11.1 Å². The highest BCUT2D eigenvalue weighted by Crippen LogP contribution is 2.36. The quantitative estimate of drug-likeness (QED) is 0.847. The van der Waals surface area contributed by atoms with E-state index in [1.54, 1.807) is 0 Å². The topological polar surface area (TPSA) is 79.8 Å². The first-order valence-electron chi connectivity index (χ1n) is 5.11. The molecule has 4 nitrogen and oxygen atoms in total. The van der Waals surface area contributed by atoms with Crippen molar-refractivity contribution in [1.82, 2.24) is 4.98 Å². The molecule has 1 atom stereocenters. The van der Waals surface area contributed by atoms with Crippen LogP contribution in [0.15, 0.2) is 29.2 Å². The minimum absolute atomic E-state index is 0.0338. The summed E-state index contributed by atoms with van der Waals surface area (Å²) in [7, 11) is -3.20. The summed E-state index contributed by atoms with van der Waals surface area (Å²) < 4.78 is 58.0. The van der Waals surface area contributed by atoms with Crippen molar-refractivity contribution in [3.63, 3.8) is 0 Å². The number of benzene rings is 1. The van der Waals surface area contributed by atoms with E-state index in [0.29, 0.717) is 0 Å². The summed E-state index contributed by atoms with van der Waals surface area (Å²) in [6.45, 7) is 0. The third-order valence-electron chi connectivity index (χ3n) is 2.55. The van der Waals surface area contributed by atoms with Crippen LogP contribution in [0.1, 0.15) is 5.56 Å². The van der Waals surface area contributed by atoms with E-state index in [4.69, 9.17) is 10.5 Å². The fourth-order valence-electron chi connectivity index (χ4n) is 1.79. The Bertz CT molecular complexity index is 754. The molecule has 8 heteroatoms. The monoisotopic (exact) mass is 289 g/mol. The van der Waals surface area contributed by atoms with E-state index in [9.17, 15) is 17.4 Å². The van der Waals surface area contributed by atoms with Gasteiger partial charge in [0, 0.05) is 11.6 Å². The molecule has 3 N–H and O–H groups in total. The number of pyridine rings is 1. The van der Waals surface area contributed by atoms with Crippen LogP contribution in [0.5, 0.6) is 0 Å². The minimum Gasteiger partial charge on any atom is -0.384 e. The Morgan fingerprint density at radius 1 is 1.37 bits per heavy atom. The third-order valence-corrected chi connectivity index (χ3v) is 3.72. The highest BCUT2D eigenvalue weighted by atomic mass is 32.2. The van der Waals surface area contributed by atoms with Crippen LogP contribution in [0.4, 0.5) is 19.0 Å². The summed E-state index contributed by atoms with van der Waals surface area (Å²) in [6.07, 6.45) is -3.46. The Labute approximate surface area is 107 Å². The lowest BCUT2D eigenvalue weighted by atomic mass is 10.1. The largest absolute Gasteiger partial charge is 0.418 e. The van der Waals surface area contributed by atoms with Gasteiger partial charge in [0.2, 0.25) is 0 Å². The molecular formula is C11H10F3N3OS. The molecule has 0 fully saturated rings. The van der Waals surface area contributed by atoms with Crippen molar-refractivity contribution >= 4 is 26.4 Å². The Hall–Kier alpha value is -1.83. The number of nitrogens with two attached hydrogens (primary N) is 1. The number of para-hydroxylation sites is 1. The molecule has 0 saturated carbocycles. The summed E-state index contributed by atoms with van der Waals surface area (Å²) in [5, 5.41) is 0.0338. The normalized spacial score (nSPS) is 15.4. The number of rotatable bonds is 1. The summed E-state index contributed by atoms with van der Waals surface area (Å²) in [6, 6.07) is 4.60. The average molecular weight is 289 g/mol. The van der Waals surface area contributed by atoms with Crippen molar-refractivity contribution < 1.29 is 17.4 Å². The van der Waals surface area contributed by atoms with E-state index < -0.39 is 21.5 Å². The van der Waals surface area contributed by atoms with Gasteiger partial charge in [-0.2, -0.15) is 13.2 Å². The molecule has 0 bridgehead atoms. The van der Waals surface area contributed by atoms with Crippen molar-refractivity contribution in [2.75, 3.05) is 12.0 Å². The van der Waals surface area contributed by atoms with Crippen LogP contribution in [-0.4, -0.2) is 15.4 Å². The SMILES string of the molecule is CS(=N)(=O)c1cc(N)nc2c(C(F)(F)F)cccc12. The number of alkyl halides is 3. The molecule has 1 aromatic heterocycles. The number of anilines is 1. The van der Waals surface area contributed by atoms with Crippen molar-refractivity contribution in [2.24, 2.45) is 0 Å². The van der Waals surface area contributed by atoms with E-state index in [-0.39, 0.29) is 21.6 Å². The van der Waals surface area contributed by atoms with E-state index in [1.165, 1.54) is 18.2 Å². The van der Waals surface area contributed by atoms with Gasteiger partial charge in [-0.1, -0.05) is 12.1 Å². The number of hydrogen-bond donors (Lipinski definition) is 2. The second-order valence-electron chi connectivity index (χ2n) is 4.09. The first-order valence-corrected chi connectivity index (χ1v) is 7.07. The van der Waals surface area contributed by atoms with Crippen LogP contribution in [0.25, 0.3) is 10.9 Å². The maximum Gasteiger partial charge on any atom is 0.418 e. The van der Waals surface area contributed by atoms with Crippen LogP contribution in [-0.2, 0) is 15.9 Å². The number of nitrogens with one attached hydrogen (secondary N) is 1. The van der Waals surface area contributed by atoms with Gasteiger partial charge in [0.25, 0.3) is 0 Å². The van der Waals surface area contributed by atoms with Crippen LogP contribution in [0.2, 0.25) is 0 Å². The lowest BCUT2D eigenvalue weighted by Gasteiger charge is -2.13. The molecule has 2 rings (SSSR count). The molecule has 0 aliphatic rings. The standard InChI is InChI=1S/C11H10F3N3OS/c1-19(16,18)8-5-9(15)17-10-6(8)3-2-4-7(10)11(12,13)14/h2-5,16H,1H3,(H2,15,17). The molecular weight excluding hydrogens is 279 g/mol. The fourth-order valence-corrected chi connectivity index (χ4v) is 2.72. The highest BCUT2D eigenvalue weighted by Gasteiger charge is 2.33. The summed E-state index contributed by atoms with van der Waals surface area (Å²) >= 11 is 0.